The van der Waals surface area contributed by atoms with Gasteiger partial charge in [0.2, 0.25) is 5.04 Å². The fourth-order valence-corrected chi connectivity index (χ4v) is 5.50. The Morgan fingerprint density at radius 1 is 0.703 bits per heavy atom. The summed E-state index contributed by atoms with van der Waals surface area (Å²) >= 11 is 1.95. The Hall–Kier alpha value is -3.17. The molecule has 0 bridgehead atoms. The third kappa shape index (κ3) is 6.99. The normalized spacial score (nSPS) is 13.2. The summed E-state index contributed by atoms with van der Waals surface area (Å²) in [5.74, 6) is 1.99. The Bertz CT molecular complexity index is 1300. The average molecular weight is 536 g/mol. The van der Waals surface area contributed by atoms with Gasteiger partial charge in [-0.1, -0.05) is 84.6 Å². The highest BCUT2D eigenvalue weighted by Crippen LogP contribution is 2.40. The Labute approximate surface area is 222 Å². The third-order valence-corrected chi connectivity index (χ3v) is 7.13. The van der Waals surface area contributed by atoms with Crippen LogP contribution < -0.4 is 23.4 Å². The number of hydrogen-bond donors (Lipinski definition) is 0. The van der Waals surface area contributed by atoms with E-state index < -0.39 is 10.2 Å². The van der Waals surface area contributed by atoms with E-state index in [1.807, 2.05) is 23.9 Å². The molecule has 1 aliphatic rings. The van der Waals surface area contributed by atoms with Crippen LogP contribution in [0.25, 0.3) is 33.4 Å². The second-order valence-corrected chi connectivity index (χ2v) is 10.2. The summed E-state index contributed by atoms with van der Waals surface area (Å²) in [7, 11) is -1.03. The van der Waals surface area contributed by atoms with Gasteiger partial charge in [0, 0.05) is 0 Å². The average Bonchev–Trinajstić information content (AvgIpc) is 3.33. The van der Waals surface area contributed by atoms with E-state index in [1.54, 1.807) is 7.11 Å². The number of thioether (sulfide) groups is 1. The van der Waals surface area contributed by atoms with Crippen molar-refractivity contribution < 1.29 is 38.2 Å². The second kappa shape index (κ2) is 11.9. The van der Waals surface area contributed by atoms with Crippen molar-refractivity contribution in [2.75, 3.05) is 26.5 Å². The van der Waals surface area contributed by atoms with Gasteiger partial charge < -0.3 is 4.74 Å². The molecular formula is C29H26ClNO5S. The Balaban J connectivity index is 0.000000586. The summed E-state index contributed by atoms with van der Waals surface area (Å²) in [6, 6.07) is 34.5. The Kier molecular flexibility index (Phi) is 8.66. The quantitative estimate of drug-likeness (QED) is 0.362. The maximum Gasteiger partial charge on any atom is 0.243 e. The monoisotopic (exact) mass is 535 g/mol. The number of methoxy groups -OCH3 is 1. The van der Waals surface area contributed by atoms with Crippen LogP contribution in [0, 0.1) is 10.2 Å². The first-order valence-electron chi connectivity index (χ1n) is 11.5. The van der Waals surface area contributed by atoms with E-state index in [4.69, 9.17) is 23.4 Å². The van der Waals surface area contributed by atoms with Gasteiger partial charge >= 0.3 is 0 Å². The van der Waals surface area contributed by atoms with Crippen molar-refractivity contribution in [1.29, 1.82) is 0 Å². The van der Waals surface area contributed by atoms with Crippen molar-refractivity contribution in [3.63, 3.8) is 0 Å². The molecule has 0 atom stereocenters. The lowest BCUT2D eigenvalue weighted by Gasteiger charge is -2.17. The minimum absolute atomic E-state index is 0.872. The Morgan fingerprint density at radius 3 is 1.59 bits per heavy atom. The number of hydrogen-bond acceptors (Lipinski definition) is 6. The lowest BCUT2D eigenvalue weighted by atomic mass is 9.88. The minimum Gasteiger partial charge on any atom is -0.497 e. The molecule has 0 aliphatic carbocycles. The van der Waals surface area contributed by atoms with Gasteiger partial charge in [0.15, 0.2) is 6.54 Å². The first kappa shape index (κ1) is 26.9. The fraction of sp³-hybridized carbons (Fsp3) is 0.138. The molecular weight excluding hydrogens is 510 g/mol. The lowest BCUT2D eigenvalue weighted by Crippen LogP contribution is -2.68. The van der Waals surface area contributed by atoms with E-state index in [0.29, 0.717) is 0 Å². The third-order valence-electron chi connectivity index (χ3n) is 5.96. The molecule has 0 unspecified atom stereocenters. The van der Waals surface area contributed by atoms with E-state index >= 15 is 0 Å². The molecule has 0 amide bonds. The predicted molar refractivity (Wildman–Crippen MR) is 137 cm³/mol. The molecule has 0 saturated carbocycles. The van der Waals surface area contributed by atoms with Gasteiger partial charge in [-0.15, -0.1) is 10.2 Å². The van der Waals surface area contributed by atoms with Gasteiger partial charge in [-0.2, -0.15) is 0 Å². The number of halogens is 1. The smallest absolute Gasteiger partial charge is 0.243 e. The van der Waals surface area contributed by atoms with Crippen molar-refractivity contribution in [2.45, 2.75) is 0 Å². The number of rotatable bonds is 5. The van der Waals surface area contributed by atoms with Crippen molar-refractivity contribution in [3.8, 4) is 39.1 Å². The maximum absolute atomic E-state index is 8.49. The SMILES string of the molecule is COc1ccc(-c2cc(-c3ccccc3)c(C3=[N+](C)CCS3)c(-c3ccccc3)c2)cc1.[O-][Cl+3]([O-])([O-])[O-]. The first-order chi connectivity index (χ1) is 17.7. The summed E-state index contributed by atoms with van der Waals surface area (Å²) in [5.41, 5.74) is 8.74. The predicted octanol–water partition coefficient (Wildman–Crippen LogP) is 2.08. The number of nitrogens with zero attached hydrogens (tertiary/aromatic N) is 1. The molecule has 1 aliphatic heterocycles. The second-order valence-electron chi connectivity index (χ2n) is 8.36. The topological polar surface area (TPSA) is 104 Å². The van der Waals surface area contributed by atoms with E-state index in [0.717, 1.165) is 18.0 Å². The molecule has 0 fully saturated rings. The van der Waals surface area contributed by atoms with Crippen molar-refractivity contribution >= 4 is 16.8 Å². The van der Waals surface area contributed by atoms with Crippen molar-refractivity contribution in [1.82, 2.24) is 0 Å². The highest BCUT2D eigenvalue weighted by molar-refractivity contribution is 8.14. The first-order valence-corrected chi connectivity index (χ1v) is 13.7. The maximum atomic E-state index is 8.49. The zero-order valence-corrected chi connectivity index (χ0v) is 22.0. The van der Waals surface area contributed by atoms with Crippen LogP contribution in [0.1, 0.15) is 5.56 Å². The van der Waals surface area contributed by atoms with Crippen molar-refractivity contribution in [3.05, 3.63) is 103 Å². The zero-order valence-electron chi connectivity index (χ0n) is 20.4. The highest BCUT2D eigenvalue weighted by atomic mass is 35.7. The molecule has 4 aromatic rings. The van der Waals surface area contributed by atoms with Crippen LogP contribution in [-0.4, -0.2) is 36.1 Å². The van der Waals surface area contributed by atoms with E-state index in [9.17, 15) is 0 Å². The van der Waals surface area contributed by atoms with E-state index in [-0.39, 0.29) is 0 Å². The van der Waals surface area contributed by atoms with Crippen LogP contribution in [0.2, 0.25) is 0 Å². The molecule has 0 radical (unpaired) electrons. The van der Waals surface area contributed by atoms with Gasteiger partial charge in [0.05, 0.1) is 18.4 Å². The van der Waals surface area contributed by atoms with Crippen LogP contribution in [0.3, 0.4) is 0 Å². The summed E-state index contributed by atoms with van der Waals surface area (Å²) in [6.07, 6.45) is 0. The molecule has 6 nitrogen and oxygen atoms in total. The minimum atomic E-state index is -4.94. The summed E-state index contributed by atoms with van der Waals surface area (Å²) in [4.78, 5) is 0. The van der Waals surface area contributed by atoms with Crippen LogP contribution in [0.5, 0.6) is 5.75 Å². The molecule has 190 valence electrons. The van der Waals surface area contributed by atoms with Gasteiger partial charge in [-0.25, -0.2) is 23.2 Å². The van der Waals surface area contributed by atoms with Gasteiger partial charge in [-0.05, 0) is 57.6 Å². The Morgan fingerprint density at radius 2 is 1.19 bits per heavy atom. The molecule has 0 aromatic heterocycles. The summed E-state index contributed by atoms with van der Waals surface area (Å²) in [5, 5.41) is 1.35. The van der Waals surface area contributed by atoms with Crippen LogP contribution in [0.4, 0.5) is 0 Å². The summed E-state index contributed by atoms with van der Waals surface area (Å²) in [6.45, 7) is 1.07. The molecule has 37 heavy (non-hydrogen) atoms. The molecule has 1 heterocycles. The largest absolute Gasteiger partial charge is 0.497 e. The van der Waals surface area contributed by atoms with Gasteiger partial charge in [0.1, 0.15) is 12.8 Å². The zero-order chi connectivity index (χ0) is 26.4. The number of ether oxygens (including phenoxy) is 1. The number of benzene rings is 4. The van der Waals surface area contributed by atoms with Gasteiger partial charge in [-0.3, -0.25) is 0 Å². The molecule has 8 heteroatoms. The molecule has 5 rings (SSSR count). The molecule has 0 spiro atoms. The highest BCUT2D eigenvalue weighted by Gasteiger charge is 2.28. The van der Waals surface area contributed by atoms with E-state index in [2.05, 4.69) is 96.6 Å². The van der Waals surface area contributed by atoms with Crippen LogP contribution in [0.15, 0.2) is 97.1 Å². The standard InChI is InChI=1S/C29H26NOS.ClHO4/c1-30-17-18-32-29(30)28-26(22-9-5-3-6-10-22)19-24(21-13-15-25(31-2)16-14-21)20-27(28)23-11-7-4-8-12-23;2-1(3,4)5/h3-16,19-20H,17-18H2,1-2H3;(H,2,3,4,5)/q+1;/p-1. The van der Waals surface area contributed by atoms with Crippen LogP contribution >= 0.6 is 11.8 Å². The lowest BCUT2D eigenvalue weighted by molar-refractivity contribution is -2.00. The van der Waals surface area contributed by atoms with Crippen molar-refractivity contribution in [2.24, 2.45) is 0 Å². The van der Waals surface area contributed by atoms with Gasteiger partial charge in [0.25, 0.3) is 0 Å². The molecule has 4 aromatic carbocycles. The van der Waals surface area contributed by atoms with Crippen LogP contribution in [-0.2, 0) is 0 Å². The fourth-order valence-electron chi connectivity index (χ4n) is 4.27. The van der Waals surface area contributed by atoms with E-state index in [1.165, 1.54) is 44.0 Å². The molecule has 0 saturated heterocycles. The summed E-state index contributed by atoms with van der Waals surface area (Å²) < 4.78 is 41.7. The molecule has 0 N–H and O–H groups in total.